The number of amides is 2. The molecule has 1 aliphatic heterocycles. The highest BCUT2D eigenvalue weighted by molar-refractivity contribution is 6.31. The molecule has 0 atom stereocenters. The number of aryl methyl sites for hydroxylation is 1. The van der Waals surface area contributed by atoms with Crippen molar-refractivity contribution in [3.8, 4) is 0 Å². The smallest absolute Gasteiger partial charge is 0.357 e. The second-order valence-corrected chi connectivity index (χ2v) is 6.89. The quantitative estimate of drug-likeness (QED) is 0.780. The highest BCUT2D eigenvalue weighted by Gasteiger charge is 2.33. The predicted octanol–water partition coefficient (Wildman–Crippen LogP) is 4.38. The molecule has 1 aliphatic rings. The maximum absolute atomic E-state index is 12.9. The van der Waals surface area contributed by atoms with Crippen molar-refractivity contribution in [2.75, 3.05) is 23.3 Å². The average Bonchev–Trinajstić information content (AvgIpc) is 3.15. The Morgan fingerprint density at radius 2 is 1.93 bits per heavy atom. The van der Waals surface area contributed by atoms with Gasteiger partial charge in [-0.05, 0) is 38.0 Å². The standard InChI is InChI=1S/C18H19ClF3N5O/c1-11-8-16(27-6-2-3-7-27)26-15(24-11)10-23-17(28)25-12-4-5-14(19)13(9-12)18(20,21)22/h4-5,8-9H,2-3,6-7,10H2,1H3,(H2,23,25,28). The lowest BCUT2D eigenvalue weighted by molar-refractivity contribution is -0.137. The number of urea groups is 1. The number of halogens is 4. The second-order valence-electron chi connectivity index (χ2n) is 6.48. The Morgan fingerprint density at radius 1 is 1.21 bits per heavy atom. The van der Waals surface area contributed by atoms with Crippen molar-refractivity contribution in [1.82, 2.24) is 15.3 Å². The monoisotopic (exact) mass is 413 g/mol. The number of nitrogens with one attached hydrogen (secondary N) is 2. The van der Waals surface area contributed by atoms with E-state index in [2.05, 4.69) is 25.5 Å². The van der Waals surface area contributed by atoms with E-state index in [0.717, 1.165) is 49.6 Å². The van der Waals surface area contributed by atoms with Crippen LogP contribution in [0.4, 0.5) is 29.5 Å². The zero-order chi connectivity index (χ0) is 20.3. The fourth-order valence-corrected chi connectivity index (χ4v) is 3.18. The molecular formula is C18H19ClF3N5O. The van der Waals surface area contributed by atoms with Crippen LogP contribution in [-0.4, -0.2) is 29.1 Å². The molecule has 2 amide bonds. The minimum absolute atomic E-state index is 0.0165. The van der Waals surface area contributed by atoms with Crippen molar-refractivity contribution in [2.45, 2.75) is 32.5 Å². The Kier molecular flexibility index (Phi) is 5.93. The van der Waals surface area contributed by atoms with Crippen molar-refractivity contribution < 1.29 is 18.0 Å². The van der Waals surface area contributed by atoms with Gasteiger partial charge in [-0.2, -0.15) is 13.2 Å². The van der Waals surface area contributed by atoms with Crippen LogP contribution in [0.2, 0.25) is 5.02 Å². The number of hydrogen-bond acceptors (Lipinski definition) is 4. The second kappa shape index (κ2) is 8.22. The molecule has 1 aromatic heterocycles. The van der Waals surface area contributed by atoms with Crippen molar-refractivity contribution in [3.05, 3.63) is 46.4 Å². The van der Waals surface area contributed by atoms with E-state index in [0.29, 0.717) is 5.82 Å². The highest BCUT2D eigenvalue weighted by atomic mass is 35.5. The molecule has 2 aromatic rings. The van der Waals surface area contributed by atoms with Gasteiger partial charge in [-0.3, -0.25) is 0 Å². The van der Waals surface area contributed by atoms with Crippen LogP contribution in [0.25, 0.3) is 0 Å². The molecule has 3 rings (SSSR count). The number of aromatic nitrogens is 2. The first kappa shape index (κ1) is 20.2. The first-order chi connectivity index (χ1) is 13.2. The molecule has 0 spiro atoms. The Morgan fingerprint density at radius 3 is 2.61 bits per heavy atom. The number of alkyl halides is 3. The molecule has 2 N–H and O–H groups in total. The number of carbonyl (C=O) groups excluding carboxylic acids is 1. The topological polar surface area (TPSA) is 70.2 Å². The number of hydrogen-bond donors (Lipinski definition) is 2. The lowest BCUT2D eigenvalue weighted by Crippen LogP contribution is -2.29. The molecule has 0 saturated carbocycles. The van der Waals surface area contributed by atoms with E-state index in [1.165, 1.54) is 6.07 Å². The molecule has 0 radical (unpaired) electrons. The Balaban J connectivity index is 1.63. The van der Waals surface area contributed by atoms with E-state index in [1.807, 2.05) is 13.0 Å². The zero-order valence-electron chi connectivity index (χ0n) is 15.1. The molecule has 6 nitrogen and oxygen atoms in total. The van der Waals surface area contributed by atoms with Crippen LogP contribution in [0.15, 0.2) is 24.3 Å². The third-order valence-corrected chi connectivity index (χ3v) is 4.58. The molecule has 28 heavy (non-hydrogen) atoms. The summed E-state index contributed by atoms with van der Waals surface area (Å²) >= 11 is 5.57. The summed E-state index contributed by atoms with van der Waals surface area (Å²) in [5.74, 6) is 1.25. The summed E-state index contributed by atoms with van der Waals surface area (Å²) in [4.78, 5) is 23.0. The third kappa shape index (κ3) is 5.03. The van der Waals surface area contributed by atoms with Crippen LogP contribution in [0.1, 0.15) is 29.9 Å². The maximum atomic E-state index is 12.9. The van der Waals surface area contributed by atoms with Gasteiger partial charge in [0.15, 0.2) is 0 Å². The Labute approximate surface area is 165 Å². The van der Waals surface area contributed by atoms with E-state index in [9.17, 15) is 18.0 Å². The maximum Gasteiger partial charge on any atom is 0.417 e. The number of carbonyl (C=O) groups is 1. The molecular weight excluding hydrogens is 395 g/mol. The van der Waals surface area contributed by atoms with Gasteiger partial charge in [0, 0.05) is 30.5 Å². The molecule has 1 fully saturated rings. The van der Waals surface area contributed by atoms with Crippen LogP contribution in [0.5, 0.6) is 0 Å². The lowest BCUT2D eigenvalue weighted by atomic mass is 10.2. The van der Waals surface area contributed by atoms with Crippen molar-refractivity contribution in [1.29, 1.82) is 0 Å². The molecule has 0 unspecified atom stereocenters. The van der Waals surface area contributed by atoms with Crippen LogP contribution >= 0.6 is 11.6 Å². The SMILES string of the molecule is Cc1cc(N2CCCC2)nc(CNC(=O)Nc2ccc(Cl)c(C(F)(F)F)c2)n1. The van der Waals surface area contributed by atoms with Crippen molar-refractivity contribution in [2.24, 2.45) is 0 Å². The fraction of sp³-hybridized carbons (Fsp3) is 0.389. The van der Waals surface area contributed by atoms with Gasteiger partial charge in [-0.15, -0.1) is 0 Å². The highest BCUT2D eigenvalue weighted by Crippen LogP contribution is 2.36. The van der Waals surface area contributed by atoms with Gasteiger partial charge in [-0.1, -0.05) is 11.6 Å². The summed E-state index contributed by atoms with van der Waals surface area (Å²) in [5, 5.41) is 4.49. The number of benzene rings is 1. The van der Waals surface area contributed by atoms with E-state index in [1.54, 1.807) is 0 Å². The normalized spacial score (nSPS) is 14.2. The van der Waals surface area contributed by atoms with Gasteiger partial charge in [0.05, 0.1) is 17.1 Å². The van der Waals surface area contributed by atoms with Gasteiger partial charge < -0.3 is 15.5 Å². The first-order valence-corrected chi connectivity index (χ1v) is 9.11. The Bertz CT molecular complexity index is 869. The summed E-state index contributed by atoms with van der Waals surface area (Å²) in [6.07, 6.45) is -2.38. The Hall–Kier alpha value is -2.55. The zero-order valence-corrected chi connectivity index (χ0v) is 15.9. The minimum Gasteiger partial charge on any atom is -0.357 e. The molecule has 1 saturated heterocycles. The first-order valence-electron chi connectivity index (χ1n) is 8.73. The van der Waals surface area contributed by atoms with Gasteiger partial charge in [0.25, 0.3) is 0 Å². The van der Waals surface area contributed by atoms with Crippen LogP contribution in [0.3, 0.4) is 0 Å². The van der Waals surface area contributed by atoms with Gasteiger partial charge >= 0.3 is 12.2 Å². The summed E-state index contributed by atoms with van der Waals surface area (Å²) in [6, 6.07) is 4.40. The van der Waals surface area contributed by atoms with Crippen LogP contribution in [0, 0.1) is 6.92 Å². The van der Waals surface area contributed by atoms with E-state index in [4.69, 9.17) is 11.6 Å². The fourth-order valence-electron chi connectivity index (χ4n) is 2.95. The molecule has 0 aliphatic carbocycles. The summed E-state index contributed by atoms with van der Waals surface area (Å²) in [6.45, 7) is 3.76. The molecule has 0 bridgehead atoms. The van der Waals surface area contributed by atoms with E-state index >= 15 is 0 Å². The largest absolute Gasteiger partial charge is 0.417 e. The van der Waals surface area contributed by atoms with E-state index in [-0.39, 0.29) is 12.2 Å². The molecule has 1 aromatic carbocycles. The number of nitrogens with zero attached hydrogens (tertiary/aromatic N) is 3. The lowest BCUT2D eigenvalue weighted by Gasteiger charge is -2.17. The van der Waals surface area contributed by atoms with E-state index < -0.39 is 22.8 Å². The summed E-state index contributed by atoms with van der Waals surface area (Å²) < 4.78 is 38.7. The van der Waals surface area contributed by atoms with Crippen LogP contribution in [-0.2, 0) is 12.7 Å². The van der Waals surface area contributed by atoms with Gasteiger partial charge in [0.1, 0.15) is 11.6 Å². The van der Waals surface area contributed by atoms with Crippen molar-refractivity contribution in [3.63, 3.8) is 0 Å². The molecule has 10 heteroatoms. The number of rotatable bonds is 4. The van der Waals surface area contributed by atoms with Crippen LogP contribution < -0.4 is 15.5 Å². The average molecular weight is 414 g/mol. The number of anilines is 2. The molecule has 2 heterocycles. The minimum atomic E-state index is -4.60. The van der Waals surface area contributed by atoms with Gasteiger partial charge in [0.2, 0.25) is 0 Å². The third-order valence-electron chi connectivity index (χ3n) is 4.25. The van der Waals surface area contributed by atoms with Crippen molar-refractivity contribution >= 4 is 29.1 Å². The predicted molar refractivity (Wildman–Crippen MR) is 101 cm³/mol. The molecule has 150 valence electrons. The summed E-state index contributed by atoms with van der Waals surface area (Å²) in [7, 11) is 0. The summed E-state index contributed by atoms with van der Waals surface area (Å²) in [5.41, 5.74) is -0.247. The van der Waals surface area contributed by atoms with Gasteiger partial charge in [-0.25, -0.2) is 14.8 Å².